The first-order valence-electron chi connectivity index (χ1n) is 12.2. The second kappa shape index (κ2) is 15.6. The van der Waals surface area contributed by atoms with Gasteiger partial charge >= 0.3 is 0 Å². The summed E-state index contributed by atoms with van der Waals surface area (Å²) < 4.78 is 0. The van der Waals surface area contributed by atoms with Crippen LogP contribution in [-0.2, 0) is 6.42 Å². The van der Waals surface area contributed by atoms with Gasteiger partial charge in [0.15, 0.2) is 0 Å². The third-order valence-electron chi connectivity index (χ3n) is 6.22. The van der Waals surface area contributed by atoms with Crippen molar-refractivity contribution in [3.63, 3.8) is 0 Å². The van der Waals surface area contributed by atoms with Crippen molar-refractivity contribution < 1.29 is 15.3 Å². The van der Waals surface area contributed by atoms with Crippen LogP contribution in [0.1, 0.15) is 110 Å². The fraction of sp³-hybridized carbons (Fsp3) is 0.769. The zero-order valence-electron chi connectivity index (χ0n) is 19.2. The van der Waals surface area contributed by atoms with Crippen LogP contribution < -0.4 is 0 Å². The Morgan fingerprint density at radius 1 is 0.759 bits per heavy atom. The fourth-order valence-electron chi connectivity index (χ4n) is 4.34. The molecule has 0 bridgehead atoms. The molecule has 0 fully saturated rings. The normalized spacial score (nSPS) is 14.6. The highest BCUT2D eigenvalue weighted by Gasteiger charge is 2.19. The van der Waals surface area contributed by atoms with E-state index in [9.17, 15) is 15.3 Å². The summed E-state index contributed by atoms with van der Waals surface area (Å²) in [6.07, 6.45) is 16.3. The van der Waals surface area contributed by atoms with Crippen LogP contribution in [0.15, 0.2) is 18.2 Å². The molecule has 0 aliphatic rings. The minimum atomic E-state index is -0.222. The molecule has 3 heteroatoms. The van der Waals surface area contributed by atoms with E-state index in [2.05, 4.69) is 20.8 Å². The van der Waals surface area contributed by atoms with Crippen LogP contribution in [0.2, 0.25) is 0 Å². The Hall–Kier alpha value is -1.22. The van der Waals surface area contributed by atoms with E-state index in [-0.39, 0.29) is 17.6 Å². The zero-order valence-corrected chi connectivity index (χ0v) is 19.2. The Morgan fingerprint density at radius 3 is 2.07 bits per heavy atom. The lowest BCUT2D eigenvalue weighted by Gasteiger charge is -2.24. The predicted octanol–water partition coefficient (Wildman–Crippen LogP) is 7.36. The van der Waals surface area contributed by atoms with Crippen molar-refractivity contribution in [1.29, 1.82) is 0 Å². The van der Waals surface area contributed by atoms with Crippen molar-refractivity contribution in [1.82, 2.24) is 0 Å². The van der Waals surface area contributed by atoms with Gasteiger partial charge in [-0.25, -0.2) is 0 Å². The molecule has 1 rings (SSSR count). The smallest absolute Gasteiger partial charge is 0.119 e. The number of unbranched alkanes of at least 4 members (excludes halogenated alkanes) is 7. The Balaban J connectivity index is 2.30. The van der Waals surface area contributed by atoms with Crippen molar-refractivity contribution in [3.8, 4) is 11.5 Å². The molecule has 1 aromatic carbocycles. The van der Waals surface area contributed by atoms with Crippen LogP contribution in [0.25, 0.3) is 0 Å². The van der Waals surface area contributed by atoms with Crippen LogP contribution in [0.5, 0.6) is 11.5 Å². The SMILES string of the molecule is CCCCCCCCCCC(CCC)C(O)CCC(C)Cc1cc(O)ccc1O. The summed E-state index contributed by atoms with van der Waals surface area (Å²) in [6.45, 7) is 6.63. The van der Waals surface area contributed by atoms with Gasteiger partial charge in [0.05, 0.1) is 6.10 Å². The zero-order chi connectivity index (χ0) is 21.5. The van der Waals surface area contributed by atoms with E-state index in [0.29, 0.717) is 11.8 Å². The number of benzene rings is 1. The maximum absolute atomic E-state index is 10.8. The van der Waals surface area contributed by atoms with E-state index in [1.165, 1.54) is 57.4 Å². The number of aliphatic hydroxyl groups excluding tert-OH is 1. The van der Waals surface area contributed by atoms with E-state index in [4.69, 9.17) is 0 Å². The Bertz CT molecular complexity index is 529. The van der Waals surface area contributed by atoms with Crippen LogP contribution in [-0.4, -0.2) is 21.4 Å². The highest BCUT2D eigenvalue weighted by molar-refractivity contribution is 5.38. The Labute approximate surface area is 179 Å². The van der Waals surface area contributed by atoms with E-state index in [0.717, 1.165) is 44.1 Å². The summed E-state index contributed by atoms with van der Waals surface area (Å²) in [5, 5.41) is 30.3. The largest absolute Gasteiger partial charge is 0.508 e. The van der Waals surface area contributed by atoms with Crippen molar-refractivity contribution >= 4 is 0 Å². The van der Waals surface area contributed by atoms with Gasteiger partial charge in [-0.05, 0) is 67.7 Å². The first kappa shape index (κ1) is 25.8. The molecular weight excluding hydrogens is 360 g/mol. The molecule has 1 aromatic rings. The molecule has 0 saturated carbocycles. The van der Waals surface area contributed by atoms with Gasteiger partial charge in [-0.15, -0.1) is 0 Å². The molecule has 0 aliphatic heterocycles. The molecule has 29 heavy (non-hydrogen) atoms. The summed E-state index contributed by atoms with van der Waals surface area (Å²) in [7, 11) is 0. The maximum Gasteiger partial charge on any atom is 0.119 e. The van der Waals surface area contributed by atoms with Gasteiger partial charge in [-0.3, -0.25) is 0 Å². The second-order valence-corrected chi connectivity index (χ2v) is 9.08. The first-order valence-corrected chi connectivity index (χ1v) is 12.2. The third-order valence-corrected chi connectivity index (χ3v) is 6.22. The van der Waals surface area contributed by atoms with Gasteiger partial charge in [0.1, 0.15) is 11.5 Å². The number of hydrogen-bond acceptors (Lipinski definition) is 3. The van der Waals surface area contributed by atoms with Crippen LogP contribution in [0, 0.1) is 11.8 Å². The predicted molar refractivity (Wildman–Crippen MR) is 124 cm³/mol. The Morgan fingerprint density at radius 2 is 1.41 bits per heavy atom. The molecular formula is C26H46O3. The van der Waals surface area contributed by atoms with Gasteiger partial charge in [-0.1, -0.05) is 78.6 Å². The molecule has 0 radical (unpaired) electrons. The topological polar surface area (TPSA) is 60.7 Å². The highest BCUT2D eigenvalue weighted by atomic mass is 16.3. The highest BCUT2D eigenvalue weighted by Crippen LogP contribution is 2.28. The number of phenolic OH excluding ortho intramolecular Hbond substituents is 2. The number of aliphatic hydroxyl groups is 1. The van der Waals surface area contributed by atoms with Gasteiger partial charge < -0.3 is 15.3 Å². The molecule has 3 nitrogen and oxygen atoms in total. The van der Waals surface area contributed by atoms with Gasteiger partial charge in [0, 0.05) is 0 Å². The number of hydrogen-bond donors (Lipinski definition) is 3. The van der Waals surface area contributed by atoms with Gasteiger partial charge in [0.2, 0.25) is 0 Å². The summed E-state index contributed by atoms with van der Waals surface area (Å²) in [5.74, 6) is 1.22. The second-order valence-electron chi connectivity index (χ2n) is 9.08. The van der Waals surface area contributed by atoms with Crippen LogP contribution in [0.3, 0.4) is 0 Å². The quantitative estimate of drug-likeness (QED) is 0.187. The summed E-state index contributed by atoms with van der Waals surface area (Å²) >= 11 is 0. The molecule has 168 valence electrons. The summed E-state index contributed by atoms with van der Waals surface area (Å²) in [5.41, 5.74) is 0.788. The first-order chi connectivity index (χ1) is 14.0. The van der Waals surface area contributed by atoms with Crippen LogP contribution in [0.4, 0.5) is 0 Å². The van der Waals surface area contributed by atoms with E-state index in [1.54, 1.807) is 12.1 Å². The molecule has 0 aromatic heterocycles. The van der Waals surface area contributed by atoms with Crippen molar-refractivity contribution in [2.45, 2.75) is 117 Å². The lowest BCUT2D eigenvalue weighted by molar-refractivity contribution is 0.0808. The molecule has 3 N–H and O–H groups in total. The van der Waals surface area contributed by atoms with Crippen molar-refractivity contribution in [2.75, 3.05) is 0 Å². The van der Waals surface area contributed by atoms with Gasteiger partial charge in [-0.2, -0.15) is 0 Å². The molecule has 3 unspecified atom stereocenters. The minimum absolute atomic E-state index is 0.193. The van der Waals surface area contributed by atoms with E-state index < -0.39 is 0 Å². The summed E-state index contributed by atoms with van der Waals surface area (Å²) in [6, 6.07) is 4.70. The average Bonchev–Trinajstić information content (AvgIpc) is 2.70. The molecule has 0 spiro atoms. The maximum atomic E-state index is 10.8. The molecule has 3 atom stereocenters. The minimum Gasteiger partial charge on any atom is -0.508 e. The average molecular weight is 407 g/mol. The lowest BCUT2D eigenvalue weighted by Crippen LogP contribution is -2.21. The lowest BCUT2D eigenvalue weighted by atomic mass is 9.86. The van der Waals surface area contributed by atoms with Crippen molar-refractivity contribution in [3.05, 3.63) is 23.8 Å². The van der Waals surface area contributed by atoms with Crippen LogP contribution >= 0.6 is 0 Å². The molecule has 0 amide bonds. The third kappa shape index (κ3) is 11.5. The van der Waals surface area contributed by atoms with E-state index in [1.807, 2.05) is 0 Å². The number of rotatable bonds is 17. The molecule has 0 saturated heterocycles. The number of aromatic hydroxyl groups is 2. The number of phenols is 2. The molecule has 0 heterocycles. The fourth-order valence-corrected chi connectivity index (χ4v) is 4.34. The monoisotopic (exact) mass is 406 g/mol. The molecule has 0 aliphatic carbocycles. The van der Waals surface area contributed by atoms with E-state index >= 15 is 0 Å². The standard InChI is InChI=1S/C26H46O3/c1-4-6-7-8-9-10-11-12-14-22(13-5-2)25(28)17-15-21(3)19-23-20-24(27)16-18-26(23)29/h16,18,20-22,25,27-29H,4-15,17,19H2,1-3H3. The van der Waals surface area contributed by atoms with Crippen molar-refractivity contribution in [2.24, 2.45) is 11.8 Å². The Kier molecular flexibility index (Phi) is 13.9. The summed E-state index contributed by atoms with van der Waals surface area (Å²) in [4.78, 5) is 0. The van der Waals surface area contributed by atoms with Gasteiger partial charge in [0.25, 0.3) is 0 Å².